The van der Waals surface area contributed by atoms with Crippen molar-refractivity contribution >= 4 is 41.0 Å². The van der Waals surface area contributed by atoms with Crippen LogP contribution in [0.3, 0.4) is 0 Å². The maximum absolute atomic E-state index is 13.1. The van der Waals surface area contributed by atoms with Gasteiger partial charge in [0.15, 0.2) is 0 Å². The van der Waals surface area contributed by atoms with Crippen LogP contribution in [0.1, 0.15) is 62.8 Å². The van der Waals surface area contributed by atoms with Gasteiger partial charge >= 0.3 is 24.1 Å². The van der Waals surface area contributed by atoms with Crippen molar-refractivity contribution in [2.24, 2.45) is 0 Å². The van der Waals surface area contributed by atoms with Gasteiger partial charge in [-0.05, 0) is 76.3 Å². The van der Waals surface area contributed by atoms with Crippen LogP contribution < -0.4 is 10.6 Å². The molecule has 0 saturated carbocycles. The van der Waals surface area contributed by atoms with Gasteiger partial charge < -0.3 is 15.0 Å². The number of anilines is 2. The Morgan fingerprint density at radius 3 is 2.41 bits per heavy atom. The van der Waals surface area contributed by atoms with Gasteiger partial charge in [-0.1, -0.05) is 17.7 Å². The Morgan fingerprint density at radius 2 is 1.81 bits per heavy atom. The Labute approximate surface area is 217 Å². The minimum Gasteiger partial charge on any atom is -0.444 e. The monoisotopic (exact) mass is 540 g/mol. The van der Waals surface area contributed by atoms with Crippen LogP contribution in [0.2, 0.25) is 5.02 Å². The van der Waals surface area contributed by atoms with E-state index in [0.29, 0.717) is 24.0 Å². The van der Waals surface area contributed by atoms with E-state index in [1.807, 2.05) is 0 Å². The quantitative estimate of drug-likeness (QED) is 0.458. The Morgan fingerprint density at radius 1 is 1.11 bits per heavy atom. The van der Waals surface area contributed by atoms with Gasteiger partial charge in [0.25, 0.3) is 0 Å². The molecule has 2 heterocycles. The number of likely N-dealkylation sites (tertiary alicyclic amines) is 1. The first-order chi connectivity index (χ1) is 17.2. The fourth-order valence-electron chi connectivity index (χ4n) is 3.98. The number of hydrogen-bond acceptors (Lipinski definition) is 5. The molecule has 1 atom stereocenters. The highest BCUT2D eigenvalue weighted by Crippen LogP contribution is 2.38. The summed E-state index contributed by atoms with van der Waals surface area (Å²) in [7, 11) is 0. The molecule has 1 aromatic carbocycles. The number of alkyl halides is 3. The smallest absolute Gasteiger partial charge is 0.417 e. The summed E-state index contributed by atoms with van der Waals surface area (Å²) in [4.78, 5) is 43.3. The lowest BCUT2D eigenvalue weighted by atomic mass is 9.94. The van der Waals surface area contributed by atoms with Crippen molar-refractivity contribution in [3.63, 3.8) is 0 Å². The minimum absolute atomic E-state index is 0.230. The van der Waals surface area contributed by atoms with Crippen molar-refractivity contribution < 1.29 is 32.3 Å². The topological polar surface area (TPSA) is 101 Å². The van der Waals surface area contributed by atoms with Crippen LogP contribution in [0.15, 0.2) is 30.5 Å². The van der Waals surface area contributed by atoms with E-state index in [-0.39, 0.29) is 18.1 Å². The van der Waals surface area contributed by atoms with Gasteiger partial charge in [0.05, 0.1) is 28.5 Å². The first-order valence-electron chi connectivity index (χ1n) is 11.6. The van der Waals surface area contributed by atoms with Crippen molar-refractivity contribution in [1.82, 2.24) is 9.88 Å². The maximum atomic E-state index is 13.1. The second-order valence-corrected chi connectivity index (χ2v) is 10.1. The van der Waals surface area contributed by atoms with Gasteiger partial charge in [0.2, 0.25) is 0 Å². The summed E-state index contributed by atoms with van der Waals surface area (Å²) in [6.07, 6.45) is -2.13. The Hall–Kier alpha value is -3.34. The van der Waals surface area contributed by atoms with Gasteiger partial charge in [-0.3, -0.25) is 14.9 Å². The number of carbonyl (C=O) groups excluding carboxylic acids is 3. The number of benzene rings is 1. The molecule has 1 aliphatic rings. The summed E-state index contributed by atoms with van der Waals surface area (Å²) < 4.78 is 44.5. The van der Waals surface area contributed by atoms with Crippen molar-refractivity contribution in [3.05, 3.63) is 52.2 Å². The number of rotatable bonds is 3. The molecule has 2 aromatic rings. The SMILES string of the molecule is Cc1cc(NC(=O)C(=O)N2CCCC[C@H]2c2ccc(C(F)(F)F)c(Cl)c2)cnc1NC(=O)OC(C)(C)C. The van der Waals surface area contributed by atoms with Crippen LogP contribution >= 0.6 is 11.6 Å². The number of halogens is 4. The van der Waals surface area contributed by atoms with E-state index < -0.39 is 46.3 Å². The highest BCUT2D eigenvalue weighted by molar-refractivity contribution is 6.39. The molecule has 1 fully saturated rings. The molecule has 1 aromatic heterocycles. The molecule has 1 saturated heterocycles. The number of aromatic nitrogens is 1. The Balaban J connectivity index is 1.72. The van der Waals surface area contributed by atoms with E-state index in [1.54, 1.807) is 27.7 Å². The van der Waals surface area contributed by atoms with Crippen LogP contribution in [0.25, 0.3) is 0 Å². The third kappa shape index (κ3) is 7.34. The molecule has 1 aliphatic heterocycles. The van der Waals surface area contributed by atoms with Crippen LogP contribution in [0.4, 0.5) is 29.5 Å². The standard InChI is InChI=1S/C25H28ClF3N4O4/c1-14-11-16(13-30-20(14)32-23(36)37-24(2,3)4)31-21(34)22(35)33-10-6-5-7-19(33)15-8-9-17(18(26)12-15)25(27,28)29/h8-9,11-13,19H,5-7,10H2,1-4H3,(H,31,34)(H,30,32,36)/t19-/m0/s1. The van der Waals surface area contributed by atoms with E-state index in [1.165, 1.54) is 29.3 Å². The fraction of sp³-hybridized carbons (Fsp3) is 0.440. The molecule has 12 heteroatoms. The van der Waals surface area contributed by atoms with Crippen LogP contribution in [0.5, 0.6) is 0 Å². The van der Waals surface area contributed by atoms with E-state index in [9.17, 15) is 27.6 Å². The van der Waals surface area contributed by atoms with Gasteiger partial charge in [-0.25, -0.2) is 9.78 Å². The highest BCUT2D eigenvalue weighted by atomic mass is 35.5. The number of ether oxygens (including phenoxy) is 1. The summed E-state index contributed by atoms with van der Waals surface area (Å²) in [5.41, 5.74) is -0.474. The normalized spacial score (nSPS) is 16.2. The Bertz CT molecular complexity index is 1200. The number of amides is 3. The lowest BCUT2D eigenvalue weighted by Crippen LogP contribution is -2.44. The summed E-state index contributed by atoms with van der Waals surface area (Å²) >= 11 is 5.88. The largest absolute Gasteiger partial charge is 0.444 e. The zero-order valence-electron chi connectivity index (χ0n) is 20.8. The second-order valence-electron chi connectivity index (χ2n) is 9.72. The molecule has 0 spiro atoms. The molecule has 3 rings (SSSR count). The third-order valence-corrected chi connectivity index (χ3v) is 5.91. The number of piperidine rings is 1. The molecule has 3 amide bonds. The lowest BCUT2D eigenvalue weighted by molar-refractivity contribution is -0.145. The number of nitrogens with zero attached hydrogens (tertiary/aromatic N) is 2. The highest BCUT2D eigenvalue weighted by Gasteiger charge is 2.36. The zero-order valence-corrected chi connectivity index (χ0v) is 21.6. The number of carbonyl (C=O) groups is 3. The molecule has 37 heavy (non-hydrogen) atoms. The average Bonchev–Trinajstić information content (AvgIpc) is 2.78. The molecule has 200 valence electrons. The van der Waals surface area contributed by atoms with Crippen molar-refractivity contribution in [2.45, 2.75) is 64.8 Å². The molecule has 8 nitrogen and oxygen atoms in total. The van der Waals surface area contributed by atoms with Crippen molar-refractivity contribution in [1.29, 1.82) is 0 Å². The first-order valence-corrected chi connectivity index (χ1v) is 12.0. The van der Waals surface area contributed by atoms with Gasteiger partial charge in [0, 0.05) is 6.54 Å². The van der Waals surface area contributed by atoms with E-state index >= 15 is 0 Å². The Kier molecular flexibility index (Phi) is 8.36. The predicted molar refractivity (Wildman–Crippen MR) is 132 cm³/mol. The summed E-state index contributed by atoms with van der Waals surface area (Å²) in [5.74, 6) is -1.51. The predicted octanol–water partition coefficient (Wildman–Crippen LogP) is 6.10. The number of pyridine rings is 1. The number of hydrogen-bond donors (Lipinski definition) is 2. The molecule has 0 radical (unpaired) electrons. The summed E-state index contributed by atoms with van der Waals surface area (Å²) in [5, 5.41) is 4.56. The molecule has 0 unspecified atom stereocenters. The fourth-order valence-corrected chi connectivity index (χ4v) is 4.28. The molecule has 0 aliphatic carbocycles. The molecular weight excluding hydrogens is 513 g/mol. The first kappa shape index (κ1) is 28.2. The van der Waals surface area contributed by atoms with E-state index in [4.69, 9.17) is 16.3 Å². The zero-order chi connectivity index (χ0) is 27.5. The molecule has 2 N–H and O–H groups in total. The van der Waals surface area contributed by atoms with Crippen LogP contribution in [-0.4, -0.2) is 39.9 Å². The maximum Gasteiger partial charge on any atom is 0.417 e. The van der Waals surface area contributed by atoms with Crippen LogP contribution in [-0.2, 0) is 20.5 Å². The minimum atomic E-state index is -4.60. The number of nitrogens with one attached hydrogen (secondary N) is 2. The van der Waals surface area contributed by atoms with E-state index in [2.05, 4.69) is 15.6 Å². The van der Waals surface area contributed by atoms with Gasteiger partial charge in [-0.15, -0.1) is 0 Å². The van der Waals surface area contributed by atoms with Gasteiger partial charge in [0.1, 0.15) is 11.4 Å². The summed E-state index contributed by atoms with van der Waals surface area (Å²) in [6.45, 7) is 7.10. The van der Waals surface area contributed by atoms with Crippen molar-refractivity contribution in [3.8, 4) is 0 Å². The lowest BCUT2D eigenvalue weighted by Gasteiger charge is -2.35. The molecular formula is C25H28ClF3N4O4. The van der Waals surface area contributed by atoms with Crippen LogP contribution in [0, 0.1) is 6.92 Å². The second kappa shape index (κ2) is 11.0. The van der Waals surface area contributed by atoms with E-state index in [0.717, 1.165) is 12.5 Å². The summed E-state index contributed by atoms with van der Waals surface area (Å²) in [6, 6.07) is 4.31. The van der Waals surface area contributed by atoms with Crippen molar-refractivity contribution in [2.75, 3.05) is 17.2 Å². The number of aryl methyl sites for hydroxylation is 1. The molecule has 0 bridgehead atoms. The average molecular weight is 541 g/mol. The third-order valence-electron chi connectivity index (χ3n) is 5.60. The van der Waals surface area contributed by atoms with Gasteiger partial charge in [-0.2, -0.15) is 13.2 Å².